The Hall–Kier alpha value is -2.95. The maximum Gasteiger partial charge on any atom is 0.443 e. The van der Waals surface area contributed by atoms with Gasteiger partial charge in [-0.1, -0.05) is 64.8 Å². The molecule has 23 heavy (non-hydrogen) atoms. The summed E-state index contributed by atoms with van der Waals surface area (Å²) in [5.74, 6) is -2.26. The van der Waals surface area contributed by atoms with E-state index in [9.17, 15) is 9.59 Å². The lowest BCUT2D eigenvalue weighted by molar-refractivity contribution is -0.165. The Balaban J connectivity index is 2.38. The van der Waals surface area contributed by atoms with Crippen LogP contribution in [0.5, 0.6) is 0 Å². The Morgan fingerprint density at radius 2 is 1.22 bits per heavy atom. The summed E-state index contributed by atoms with van der Waals surface area (Å²) in [5, 5.41) is 3.86. The summed E-state index contributed by atoms with van der Waals surface area (Å²) < 4.78 is 4.30. The molecule has 0 bridgehead atoms. The van der Waals surface area contributed by atoms with Gasteiger partial charge in [-0.15, -0.1) is 0 Å². The van der Waals surface area contributed by atoms with Crippen molar-refractivity contribution in [2.75, 3.05) is 7.11 Å². The minimum atomic E-state index is -1.16. The number of hydrogen-bond donors (Lipinski definition) is 0. The highest BCUT2D eigenvalue weighted by molar-refractivity contribution is 6.29. The van der Waals surface area contributed by atoms with Crippen LogP contribution in [0.25, 0.3) is 0 Å². The molecule has 2 aromatic rings. The van der Waals surface area contributed by atoms with Crippen LogP contribution < -0.4 is 0 Å². The monoisotopic (exact) mass is 311 g/mol. The largest absolute Gasteiger partial charge is 0.461 e. The number of aryl methyl sites for hydroxylation is 2. The zero-order valence-corrected chi connectivity index (χ0v) is 13.2. The zero-order valence-electron chi connectivity index (χ0n) is 13.2. The molecule has 0 saturated carbocycles. The van der Waals surface area contributed by atoms with Crippen LogP contribution in [0, 0.1) is 13.8 Å². The number of hydrogen-bond acceptors (Lipinski definition) is 5. The van der Waals surface area contributed by atoms with E-state index >= 15 is 0 Å². The third-order valence-corrected chi connectivity index (χ3v) is 3.22. The predicted molar refractivity (Wildman–Crippen MR) is 86.1 cm³/mol. The topological polar surface area (TPSA) is 65.0 Å². The van der Waals surface area contributed by atoms with Gasteiger partial charge in [-0.2, -0.15) is 0 Å². The molecule has 0 aliphatic rings. The van der Waals surface area contributed by atoms with E-state index in [0.717, 1.165) is 29.4 Å². The first kappa shape index (κ1) is 16.4. The molecule has 2 rings (SSSR count). The van der Waals surface area contributed by atoms with E-state index in [1.165, 1.54) is 0 Å². The molecule has 118 valence electrons. The Kier molecular flexibility index (Phi) is 5.25. The van der Waals surface area contributed by atoms with Crippen LogP contribution in [0.2, 0.25) is 0 Å². The molecule has 0 saturated heterocycles. The Morgan fingerprint density at radius 3 is 1.61 bits per heavy atom. The Morgan fingerprint density at radius 1 is 0.783 bits per heavy atom. The van der Waals surface area contributed by atoms with Gasteiger partial charge < -0.3 is 9.57 Å². The summed E-state index contributed by atoms with van der Waals surface area (Å²) in [7, 11) is 1.11. The molecule has 5 heteroatoms. The maximum atomic E-state index is 11.4. The number of esters is 1. The number of carbonyl (C=O) groups excluding carboxylic acids is 2. The molecule has 2 aromatic carbocycles. The van der Waals surface area contributed by atoms with Crippen LogP contribution in [0.1, 0.15) is 22.3 Å². The van der Waals surface area contributed by atoms with Crippen LogP contribution in [0.3, 0.4) is 0 Å². The minimum absolute atomic E-state index is 0.460. The average Bonchev–Trinajstić information content (AvgIpc) is 2.57. The van der Waals surface area contributed by atoms with Crippen LogP contribution in [-0.4, -0.2) is 24.8 Å². The number of carbonyl (C=O) groups is 2. The lowest BCUT2D eigenvalue weighted by atomic mass is 10.0. The smallest absolute Gasteiger partial charge is 0.443 e. The molecule has 0 unspecified atom stereocenters. The molecular weight excluding hydrogens is 294 g/mol. The summed E-state index contributed by atoms with van der Waals surface area (Å²) in [5.41, 5.74) is 4.21. The van der Waals surface area contributed by atoms with E-state index in [1.54, 1.807) is 0 Å². The summed E-state index contributed by atoms with van der Waals surface area (Å²) in [6.07, 6.45) is 0. The van der Waals surface area contributed by atoms with Gasteiger partial charge in [-0.3, -0.25) is 0 Å². The predicted octanol–water partition coefficient (Wildman–Crippen LogP) is 2.77. The second-order valence-corrected chi connectivity index (χ2v) is 5.04. The molecule has 5 nitrogen and oxygen atoms in total. The Bertz CT molecular complexity index is 683. The van der Waals surface area contributed by atoms with Crippen LogP contribution in [0.4, 0.5) is 0 Å². The van der Waals surface area contributed by atoms with Crippen molar-refractivity contribution in [3.8, 4) is 0 Å². The molecule has 0 amide bonds. The summed E-state index contributed by atoms with van der Waals surface area (Å²) in [6, 6.07) is 15.2. The van der Waals surface area contributed by atoms with E-state index in [1.807, 2.05) is 62.4 Å². The number of benzene rings is 2. The van der Waals surface area contributed by atoms with Gasteiger partial charge >= 0.3 is 11.9 Å². The number of methoxy groups -OCH3 is 1. The van der Waals surface area contributed by atoms with Crippen molar-refractivity contribution in [2.24, 2.45) is 5.16 Å². The van der Waals surface area contributed by atoms with Gasteiger partial charge in [0.2, 0.25) is 0 Å². The minimum Gasteiger partial charge on any atom is -0.461 e. The number of rotatable bonds is 3. The maximum absolute atomic E-state index is 11.4. The number of oxime groups is 1. The van der Waals surface area contributed by atoms with Crippen molar-refractivity contribution in [1.29, 1.82) is 0 Å². The van der Waals surface area contributed by atoms with Crippen molar-refractivity contribution in [3.63, 3.8) is 0 Å². The van der Waals surface area contributed by atoms with Gasteiger partial charge in [0, 0.05) is 11.1 Å². The average molecular weight is 311 g/mol. The third kappa shape index (κ3) is 4.26. The molecule has 0 atom stereocenters. The highest BCUT2D eigenvalue weighted by Gasteiger charge is 2.17. The van der Waals surface area contributed by atoms with Crippen molar-refractivity contribution in [1.82, 2.24) is 0 Å². The molecule has 0 fully saturated rings. The summed E-state index contributed by atoms with van der Waals surface area (Å²) >= 11 is 0. The van der Waals surface area contributed by atoms with Crippen molar-refractivity contribution in [3.05, 3.63) is 70.8 Å². The normalized spacial score (nSPS) is 9.87. The zero-order chi connectivity index (χ0) is 16.8. The van der Waals surface area contributed by atoms with Crippen LogP contribution in [-0.2, 0) is 19.2 Å². The molecular formula is C18H17NO4. The van der Waals surface area contributed by atoms with Gasteiger partial charge in [-0.25, -0.2) is 9.59 Å². The lowest BCUT2D eigenvalue weighted by Crippen LogP contribution is -2.17. The first-order chi connectivity index (χ1) is 11.0. The third-order valence-electron chi connectivity index (χ3n) is 3.22. The lowest BCUT2D eigenvalue weighted by Gasteiger charge is -2.07. The van der Waals surface area contributed by atoms with Crippen LogP contribution >= 0.6 is 0 Å². The quantitative estimate of drug-likeness (QED) is 0.287. The van der Waals surface area contributed by atoms with E-state index < -0.39 is 11.9 Å². The van der Waals surface area contributed by atoms with E-state index in [-0.39, 0.29) is 0 Å². The highest BCUT2D eigenvalue weighted by Crippen LogP contribution is 2.14. The first-order valence-corrected chi connectivity index (χ1v) is 7.02. The van der Waals surface area contributed by atoms with Gasteiger partial charge in [-0.05, 0) is 13.8 Å². The van der Waals surface area contributed by atoms with E-state index in [2.05, 4.69) is 9.89 Å². The molecule has 0 spiro atoms. The molecule has 0 aliphatic carbocycles. The SMILES string of the molecule is COC(=O)C(=O)ON=C(c1ccc(C)cc1)c1ccc(C)cc1. The van der Waals surface area contributed by atoms with E-state index in [4.69, 9.17) is 4.84 Å². The fourth-order valence-corrected chi connectivity index (χ4v) is 1.90. The molecule has 0 aliphatic heterocycles. The molecule has 0 N–H and O–H groups in total. The number of nitrogens with zero attached hydrogens (tertiary/aromatic N) is 1. The fourth-order valence-electron chi connectivity index (χ4n) is 1.90. The van der Waals surface area contributed by atoms with Gasteiger partial charge in [0.1, 0.15) is 5.71 Å². The second-order valence-electron chi connectivity index (χ2n) is 5.04. The van der Waals surface area contributed by atoms with Crippen molar-refractivity contribution < 1.29 is 19.2 Å². The van der Waals surface area contributed by atoms with Gasteiger partial charge in [0.25, 0.3) is 0 Å². The van der Waals surface area contributed by atoms with Gasteiger partial charge in [0.15, 0.2) is 0 Å². The van der Waals surface area contributed by atoms with Crippen LogP contribution in [0.15, 0.2) is 53.7 Å². The highest BCUT2D eigenvalue weighted by atomic mass is 16.7. The Labute approximate surface area is 134 Å². The second kappa shape index (κ2) is 7.35. The molecule has 0 heterocycles. The standard InChI is InChI=1S/C18H17NO4/c1-12-4-8-14(9-5-12)16(15-10-6-13(2)7-11-15)19-23-18(21)17(20)22-3/h4-11H,1-3H3. The molecule has 0 radical (unpaired) electrons. The summed E-state index contributed by atoms with van der Waals surface area (Å²) in [6.45, 7) is 3.95. The van der Waals surface area contributed by atoms with Crippen molar-refractivity contribution in [2.45, 2.75) is 13.8 Å². The number of ether oxygens (including phenoxy) is 1. The van der Waals surface area contributed by atoms with Crippen molar-refractivity contribution >= 4 is 17.7 Å². The first-order valence-electron chi connectivity index (χ1n) is 7.02. The fraction of sp³-hybridized carbons (Fsp3) is 0.167. The molecule has 0 aromatic heterocycles. The summed E-state index contributed by atoms with van der Waals surface area (Å²) in [4.78, 5) is 27.3. The van der Waals surface area contributed by atoms with Gasteiger partial charge in [0.05, 0.1) is 7.11 Å². The van der Waals surface area contributed by atoms with E-state index in [0.29, 0.717) is 5.71 Å².